The lowest BCUT2D eigenvalue weighted by Gasteiger charge is -2.21. The average molecular weight is 288 g/mol. The summed E-state index contributed by atoms with van der Waals surface area (Å²) >= 11 is 0. The van der Waals surface area contributed by atoms with Gasteiger partial charge in [0.05, 0.1) is 0 Å². The highest BCUT2D eigenvalue weighted by molar-refractivity contribution is 5.87. The molecule has 4 unspecified atom stereocenters. The van der Waals surface area contributed by atoms with Crippen LogP contribution in [0.3, 0.4) is 0 Å². The van der Waals surface area contributed by atoms with E-state index in [-0.39, 0.29) is 23.6 Å². The van der Waals surface area contributed by atoms with Gasteiger partial charge < -0.3 is 14.9 Å². The molecule has 0 saturated heterocycles. The Labute approximate surface area is 124 Å². The van der Waals surface area contributed by atoms with Gasteiger partial charge in [-0.1, -0.05) is 13.0 Å². The molecule has 0 amide bonds. The van der Waals surface area contributed by atoms with Gasteiger partial charge in [0, 0.05) is 6.08 Å². The van der Waals surface area contributed by atoms with Crippen molar-refractivity contribution in [3.63, 3.8) is 0 Å². The molecular formula is C17H20O4. The van der Waals surface area contributed by atoms with E-state index in [9.17, 15) is 15.0 Å². The number of carbonyl (C=O) groups excluding carboxylic acids is 1. The van der Waals surface area contributed by atoms with Crippen molar-refractivity contribution in [1.29, 1.82) is 0 Å². The molecule has 112 valence electrons. The summed E-state index contributed by atoms with van der Waals surface area (Å²) in [5.41, 5.74) is 0.642. The van der Waals surface area contributed by atoms with Gasteiger partial charge in [-0.25, -0.2) is 4.79 Å². The van der Waals surface area contributed by atoms with Crippen LogP contribution in [0.1, 0.15) is 31.7 Å². The zero-order valence-corrected chi connectivity index (χ0v) is 12.0. The Hall–Kier alpha value is -1.97. The Morgan fingerprint density at radius 3 is 2.71 bits per heavy atom. The van der Waals surface area contributed by atoms with Gasteiger partial charge in [0.1, 0.15) is 6.10 Å². The largest absolute Gasteiger partial charge is 0.504 e. The molecule has 21 heavy (non-hydrogen) atoms. The predicted molar refractivity (Wildman–Crippen MR) is 78.7 cm³/mol. The second kappa shape index (κ2) is 5.43. The number of phenolic OH excluding ortho intramolecular Hbond substituents is 2. The summed E-state index contributed by atoms with van der Waals surface area (Å²) in [6.45, 7) is 2.26. The molecule has 0 heterocycles. The van der Waals surface area contributed by atoms with E-state index >= 15 is 0 Å². The molecule has 1 aromatic rings. The minimum absolute atomic E-state index is 0.0594. The third-order valence-corrected chi connectivity index (χ3v) is 4.98. The molecule has 2 fully saturated rings. The van der Waals surface area contributed by atoms with Crippen LogP contribution >= 0.6 is 0 Å². The van der Waals surface area contributed by atoms with E-state index in [1.807, 2.05) is 0 Å². The molecule has 0 radical (unpaired) electrons. The Morgan fingerprint density at radius 1 is 1.29 bits per heavy atom. The first-order chi connectivity index (χ1) is 10.0. The van der Waals surface area contributed by atoms with Gasteiger partial charge in [-0.2, -0.15) is 0 Å². The number of benzene rings is 1. The lowest BCUT2D eigenvalue weighted by Crippen LogP contribution is -2.23. The van der Waals surface area contributed by atoms with E-state index in [1.54, 1.807) is 12.1 Å². The second-order valence-corrected chi connectivity index (χ2v) is 6.15. The number of phenols is 2. The lowest BCUT2D eigenvalue weighted by atomic mass is 9.97. The van der Waals surface area contributed by atoms with Crippen molar-refractivity contribution in [1.82, 2.24) is 0 Å². The van der Waals surface area contributed by atoms with Crippen LogP contribution < -0.4 is 0 Å². The highest BCUT2D eigenvalue weighted by atomic mass is 16.5. The molecule has 0 spiro atoms. The summed E-state index contributed by atoms with van der Waals surface area (Å²) in [6, 6.07) is 4.41. The maximum Gasteiger partial charge on any atom is 0.331 e. The van der Waals surface area contributed by atoms with Crippen molar-refractivity contribution in [2.24, 2.45) is 17.8 Å². The third kappa shape index (κ3) is 2.75. The summed E-state index contributed by atoms with van der Waals surface area (Å²) in [4.78, 5) is 11.9. The molecule has 4 atom stereocenters. The number of rotatable bonds is 3. The maximum atomic E-state index is 11.9. The van der Waals surface area contributed by atoms with Gasteiger partial charge in [0.15, 0.2) is 11.5 Å². The van der Waals surface area contributed by atoms with Crippen LogP contribution in [0.2, 0.25) is 0 Å². The predicted octanol–water partition coefficient (Wildman–Crippen LogP) is 3.09. The summed E-state index contributed by atoms with van der Waals surface area (Å²) in [6.07, 6.45) is 6.44. The molecular weight excluding hydrogens is 268 g/mol. The summed E-state index contributed by atoms with van der Waals surface area (Å²) in [7, 11) is 0. The molecule has 2 N–H and O–H groups in total. The fourth-order valence-electron chi connectivity index (χ4n) is 3.74. The van der Waals surface area contributed by atoms with Gasteiger partial charge in [0.2, 0.25) is 0 Å². The standard InChI is InChI=1S/C17H20O4/c1-10-12-4-5-13(10)16(9-12)21-17(20)7-3-11-2-6-14(18)15(19)8-11/h2-3,6-8,10,12-13,16,18-19H,4-5,9H2,1H3. The Morgan fingerprint density at radius 2 is 2.10 bits per heavy atom. The lowest BCUT2D eigenvalue weighted by molar-refractivity contribution is -0.145. The zero-order chi connectivity index (χ0) is 15.0. The fourth-order valence-corrected chi connectivity index (χ4v) is 3.74. The van der Waals surface area contributed by atoms with Crippen LogP contribution in [0.4, 0.5) is 0 Å². The van der Waals surface area contributed by atoms with Crippen LogP contribution in [0, 0.1) is 17.8 Å². The van der Waals surface area contributed by atoms with E-state index in [4.69, 9.17) is 4.74 Å². The molecule has 0 aliphatic heterocycles. The first kappa shape index (κ1) is 14.0. The molecule has 3 rings (SSSR count). The minimum atomic E-state index is -0.340. The second-order valence-electron chi connectivity index (χ2n) is 6.15. The fraction of sp³-hybridized carbons (Fsp3) is 0.471. The smallest absolute Gasteiger partial charge is 0.331 e. The quantitative estimate of drug-likeness (QED) is 0.509. The van der Waals surface area contributed by atoms with E-state index in [1.165, 1.54) is 31.1 Å². The Balaban J connectivity index is 1.59. The number of ether oxygens (including phenoxy) is 1. The molecule has 2 saturated carbocycles. The molecule has 2 aliphatic carbocycles. The monoisotopic (exact) mass is 288 g/mol. The van der Waals surface area contributed by atoms with Crippen LogP contribution in [-0.2, 0) is 9.53 Å². The molecule has 2 bridgehead atoms. The van der Waals surface area contributed by atoms with Gasteiger partial charge >= 0.3 is 5.97 Å². The van der Waals surface area contributed by atoms with Gasteiger partial charge in [0.25, 0.3) is 0 Å². The maximum absolute atomic E-state index is 11.9. The minimum Gasteiger partial charge on any atom is -0.504 e. The van der Waals surface area contributed by atoms with Crippen molar-refractivity contribution in [3.8, 4) is 11.5 Å². The molecule has 1 aromatic carbocycles. The van der Waals surface area contributed by atoms with E-state index < -0.39 is 0 Å². The molecule has 4 nitrogen and oxygen atoms in total. The molecule has 2 aliphatic rings. The third-order valence-electron chi connectivity index (χ3n) is 4.98. The number of carbonyl (C=O) groups is 1. The topological polar surface area (TPSA) is 66.8 Å². The van der Waals surface area contributed by atoms with Crippen LogP contribution in [0.15, 0.2) is 24.3 Å². The summed E-state index contributed by atoms with van der Waals surface area (Å²) in [5, 5.41) is 18.6. The number of esters is 1. The van der Waals surface area contributed by atoms with E-state index in [0.29, 0.717) is 23.3 Å². The average Bonchev–Trinajstić information content (AvgIpc) is 2.95. The van der Waals surface area contributed by atoms with Gasteiger partial charge in [-0.05, 0) is 60.8 Å². The Kier molecular flexibility index (Phi) is 3.62. The molecule has 4 heteroatoms. The molecule has 0 aromatic heterocycles. The van der Waals surface area contributed by atoms with Gasteiger partial charge in [-0.3, -0.25) is 0 Å². The van der Waals surface area contributed by atoms with Crippen molar-refractivity contribution >= 4 is 12.0 Å². The van der Waals surface area contributed by atoms with Crippen molar-refractivity contribution in [2.75, 3.05) is 0 Å². The summed E-state index contributed by atoms with van der Waals surface area (Å²) < 4.78 is 5.55. The van der Waals surface area contributed by atoms with Crippen LogP contribution in [0.5, 0.6) is 11.5 Å². The number of fused-ring (bicyclic) bond motifs is 2. The Bertz CT molecular complexity index is 578. The van der Waals surface area contributed by atoms with Gasteiger partial charge in [-0.15, -0.1) is 0 Å². The highest BCUT2D eigenvalue weighted by Gasteiger charge is 2.47. The zero-order valence-electron chi connectivity index (χ0n) is 12.0. The van der Waals surface area contributed by atoms with E-state index in [0.717, 1.165) is 6.42 Å². The number of hydrogen-bond donors (Lipinski definition) is 2. The normalized spacial score (nSPS) is 30.9. The van der Waals surface area contributed by atoms with Crippen LogP contribution in [0.25, 0.3) is 6.08 Å². The van der Waals surface area contributed by atoms with Crippen molar-refractivity contribution < 1.29 is 19.7 Å². The number of hydrogen-bond acceptors (Lipinski definition) is 4. The SMILES string of the molecule is CC1C2CCC1C(OC(=O)C=Cc1ccc(O)c(O)c1)C2. The van der Waals surface area contributed by atoms with Crippen molar-refractivity contribution in [2.45, 2.75) is 32.3 Å². The van der Waals surface area contributed by atoms with E-state index in [2.05, 4.69) is 6.92 Å². The first-order valence-corrected chi connectivity index (χ1v) is 7.45. The van der Waals surface area contributed by atoms with Crippen molar-refractivity contribution in [3.05, 3.63) is 29.8 Å². The summed E-state index contributed by atoms with van der Waals surface area (Å²) in [5.74, 6) is 1.18. The highest BCUT2D eigenvalue weighted by Crippen LogP contribution is 2.50. The number of aromatic hydroxyl groups is 2. The van der Waals surface area contributed by atoms with Crippen LogP contribution in [-0.4, -0.2) is 22.3 Å². The first-order valence-electron chi connectivity index (χ1n) is 7.45.